The lowest BCUT2D eigenvalue weighted by Crippen LogP contribution is -2.02. The van der Waals surface area contributed by atoms with Gasteiger partial charge in [0.2, 0.25) is 0 Å². The molecule has 2 aromatic rings. The van der Waals surface area contributed by atoms with Gasteiger partial charge in [-0.3, -0.25) is 0 Å². The molecule has 1 unspecified atom stereocenters. The van der Waals surface area contributed by atoms with Gasteiger partial charge in [0.25, 0.3) is 0 Å². The third kappa shape index (κ3) is 1.47. The summed E-state index contributed by atoms with van der Waals surface area (Å²) in [5.74, 6) is 0. The number of rotatable bonds is 0. The first-order valence-corrected chi connectivity index (χ1v) is 5.94. The van der Waals surface area contributed by atoms with Crippen molar-refractivity contribution in [1.82, 2.24) is 0 Å². The zero-order valence-electron chi connectivity index (χ0n) is 8.27. The molecule has 78 valence electrons. The van der Waals surface area contributed by atoms with E-state index in [2.05, 4.69) is 12.1 Å². The highest BCUT2D eigenvalue weighted by molar-refractivity contribution is 7.19. The Bertz CT molecular complexity index is 489. The number of fused-ring (bicyclic) bond motifs is 3. The number of ether oxygens (including phenoxy) is 1. The van der Waals surface area contributed by atoms with Crippen LogP contribution in [-0.4, -0.2) is 18.3 Å². The second-order valence-corrected chi connectivity index (χ2v) is 4.87. The van der Waals surface area contributed by atoms with Gasteiger partial charge >= 0.3 is 0 Å². The summed E-state index contributed by atoms with van der Waals surface area (Å²) in [5.41, 5.74) is 1.28. The van der Waals surface area contributed by atoms with Crippen LogP contribution in [0.5, 0.6) is 0 Å². The fourth-order valence-corrected chi connectivity index (χ4v) is 3.31. The van der Waals surface area contributed by atoms with Crippen molar-refractivity contribution in [3.05, 3.63) is 34.7 Å². The zero-order chi connectivity index (χ0) is 10.3. The quantitative estimate of drug-likeness (QED) is 0.739. The summed E-state index contributed by atoms with van der Waals surface area (Å²) in [6.07, 6.45) is 0.469. The smallest absolute Gasteiger partial charge is 0.112 e. The molecule has 0 saturated heterocycles. The number of hydrogen-bond acceptors (Lipinski definition) is 3. The minimum atomic E-state index is -0.445. The molecule has 1 aromatic carbocycles. The van der Waals surface area contributed by atoms with Gasteiger partial charge in [-0.2, -0.15) is 0 Å². The van der Waals surface area contributed by atoms with Crippen molar-refractivity contribution < 1.29 is 9.84 Å². The number of hydrogen-bond donors (Lipinski definition) is 1. The Labute approximate surface area is 92.1 Å². The van der Waals surface area contributed by atoms with E-state index in [1.165, 1.54) is 15.6 Å². The summed E-state index contributed by atoms with van der Waals surface area (Å²) < 4.78 is 6.62. The lowest BCUT2D eigenvalue weighted by atomic mass is 10.1. The van der Waals surface area contributed by atoms with Gasteiger partial charge in [-0.15, -0.1) is 11.3 Å². The van der Waals surface area contributed by atoms with Crippen molar-refractivity contribution in [2.45, 2.75) is 12.5 Å². The number of thiophene rings is 1. The van der Waals surface area contributed by atoms with Crippen molar-refractivity contribution in [3.8, 4) is 0 Å². The molecule has 1 N–H and O–H groups in total. The van der Waals surface area contributed by atoms with Crippen LogP contribution in [0.15, 0.2) is 24.3 Å². The fraction of sp³-hybridized carbons (Fsp3) is 0.333. The van der Waals surface area contributed by atoms with Crippen molar-refractivity contribution in [2.24, 2.45) is 0 Å². The van der Waals surface area contributed by atoms with E-state index in [0.717, 1.165) is 11.3 Å². The van der Waals surface area contributed by atoms with Crippen LogP contribution in [0.1, 0.15) is 16.5 Å². The van der Waals surface area contributed by atoms with Crippen LogP contribution in [0.2, 0.25) is 0 Å². The van der Waals surface area contributed by atoms with Gasteiger partial charge < -0.3 is 9.84 Å². The van der Waals surface area contributed by atoms with Crippen LogP contribution >= 0.6 is 11.3 Å². The predicted molar refractivity (Wildman–Crippen MR) is 61.3 cm³/mol. The minimum absolute atomic E-state index is 0.430. The molecule has 3 rings (SSSR count). The molecule has 0 saturated carbocycles. The molecular formula is C12H12O2S. The lowest BCUT2D eigenvalue weighted by Gasteiger charge is -2.04. The molecule has 1 aromatic heterocycles. The highest BCUT2D eigenvalue weighted by atomic mass is 32.1. The molecule has 0 fully saturated rings. The summed E-state index contributed by atoms with van der Waals surface area (Å²) in [6, 6.07) is 8.33. The number of benzene rings is 1. The molecular weight excluding hydrogens is 208 g/mol. The van der Waals surface area contributed by atoms with E-state index in [9.17, 15) is 5.11 Å². The maximum atomic E-state index is 9.93. The molecule has 0 spiro atoms. The SMILES string of the molecule is OC1COCCc2c1sc1ccccc21. The summed E-state index contributed by atoms with van der Waals surface area (Å²) in [5, 5.41) is 11.2. The highest BCUT2D eigenvalue weighted by Gasteiger charge is 2.21. The largest absolute Gasteiger partial charge is 0.385 e. The lowest BCUT2D eigenvalue weighted by molar-refractivity contribution is 0.0467. The second-order valence-electron chi connectivity index (χ2n) is 3.78. The standard InChI is InChI=1S/C12H12O2S/c13-10-7-14-6-5-9-8-3-1-2-4-11(8)15-12(9)10/h1-4,10,13H,5-7H2. The van der Waals surface area contributed by atoms with E-state index in [4.69, 9.17) is 4.74 Å². The summed E-state index contributed by atoms with van der Waals surface area (Å²) in [4.78, 5) is 1.09. The van der Waals surface area contributed by atoms with Crippen LogP contribution in [-0.2, 0) is 11.2 Å². The molecule has 3 heteroatoms. The first-order valence-electron chi connectivity index (χ1n) is 5.12. The minimum Gasteiger partial charge on any atom is -0.385 e. The Balaban J connectivity index is 2.26. The number of aliphatic hydroxyl groups excluding tert-OH is 1. The van der Waals surface area contributed by atoms with Crippen molar-refractivity contribution in [3.63, 3.8) is 0 Å². The Hall–Kier alpha value is -0.900. The summed E-state index contributed by atoms with van der Waals surface area (Å²) >= 11 is 1.69. The maximum Gasteiger partial charge on any atom is 0.112 e. The van der Waals surface area contributed by atoms with Gasteiger partial charge in [-0.05, 0) is 23.4 Å². The summed E-state index contributed by atoms with van der Waals surface area (Å²) in [7, 11) is 0. The Morgan fingerprint density at radius 3 is 3.13 bits per heavy atom. The van der Waals surface area contributed by atoms with Gasteiger partial charge in [0.1, 0.15) is 6.10 Å². The van der Waals surface area contributed by atoms with E-state index >= 15 is 0 Å². The molecule has 1 aliphatic heterocycles. The van der Waals surface area contributed by atoms with Gasteiger partial charge in [0.05, 0.1) is 13.2 Å². The van der Waals surface area contributed by atoms with Crippen LogP contribution in [0.4, 0.5) is 0 Å². The second kappa shape index (κ2) is 3.59. The third-order valence-corrected chi connectivity index (χ3v) is 4.12. The molecule has 1 aliphatic rings. The Morgan fingerprint density at radius 1 is 1.33 bits per heavy atom. The topological polar surface area (TPSA) is 29.5 Å². The first kappa shape index (κ1) is 9.33. The Morgan fingerprint density at radius 2 is 2.20 bits per heavy atom. The third-order valence-electron chi connectivity index (χ3n) is 2.80. The average Bonchev–Trinajstić information content (AvgIpc) is 2.54. The van der Waals surface area contributed by atoms with E-state index < -0.39 is 6.10 Å². The number of aliphatic hydroxyl groups is 1. The molecule has 2 nitrogen and oxygen atoms in total. The van der Waals surface area contributed by atoms with Gasteiger partial charge in [-0.1, -0.05) is 18.2 Å². The van der Waals surface area contributed by atoms with E-state index in [1.807, 2.05) is 12.1 Å². The Kier molecular flexibility index (Phi) is 2.24. The predicted octanol–water partition coefficient (Wildman–Crippen LogP) is 2.51. The van der Waals surface area contributed by atoms with E-state index in [1.54, 1.807) is 11.3 Å². The molecule has 0 aliphatic carbocycles. The molecule has 0 bridgehead atoms. The van der Waals surface area contributed by atoms with Gasteiger partial charge in [-0.25, -0.2) is 0 Å². The average molecular weight is 220 g/mol. The fourth-order valence-electron chi connectivity index (χ4n) is 2.09. The van der Waals surface area contributed by atoms with E-state index in [0.29, 0.717) is 13.2 Å². The summed E-state index contributed by atoms with van der Waals surface area (Å²) in [6.45, 7) is 1.14. The van der Waals surface area contributed by atoms with Gasteiger partial charge in [0.15, 0.2) is 0 Å². The van der Waals surface area contributed by atoms with E-state index in [-0.39, 0.29) is 0 Å². The van der Waals surface area contributed by atoms with Crippen molar-refractivity contribution >= 4 is 21.4 Å². The van der Waals surface area contributed by atoms with Gasteiger partial charge in [0, 0.05) is 9.58 Å². The molecule has 0 radical (unpaired) electrons. The van der Waals surface area contributed by atoms with Crippen LogP contribution in [0, 0.1) is 0 Å². The normalized spacial score (nSPS) is 21.3. The highest BCUT2D eigenvalue weighted by Crippen LogP contribution is 2.36. The first-order chi connectivity index (χ1) is 7.36. The van der Waals surface area contributed by atoms with Crippen LogP contribution < -0.4 is 0 Å². The molecule has 15 heavy (non-hydrogen) atoms. The molecule has 1 atom stereocenters. The van der Waals surface area contributed by atoms with Crippen molar-refractivity contribution in [2.75, 3.05) is 13.2 Å². The molecule has 0 amide bonds. The zero-order valence-corrected chi connectivity index (χ0v) is 9.09. The van der Waals surface area contributed by atoms with Crippen molar-refractivity contribution in [1.29, 1.82) is 0 Å². The van der Waals surface area contributed by atoms with Crippen LogP contribution in [0.25, 0.3) is 10.1 Å². The molecule has 2 heterocycles. The maximum absolute atomic E-state index is 9.93. The van der Waals surface area contributed by atoms with Crippen LogP contribution in [0.3, 0.4) is 0 Å². The monoisotopic (exact) mass is 220 g/mol.